The second kappa shape index (κ2) is 5.90. The van der Waals surface area contributed by atoms with Gasteiger partial charge in [0.2, 0.25) is 17.5 Å². The van der Waals surface area contributed by atoms with Gasteiger partial charge in [-0.3, -0.25) is 4.79 Å². The molecule has 1 N–H and O–H groups in total. The molecule has 1 aromatic carbocycles. The van der Waals surface area contributed by atoms with Crippen molar-refractivity contribution in [2.24, 2.45) is 5.92 Å². The number of carbonyl (C=O) groups is 1. The maximum atomic E-state index is 11.2. The Morgan fingerprint density at radius 2 is 2.18 bits per heavy atom. The third-order valence-corrected chi connectivity index (χ3v) is 3.79. The molecule has 6 nitrogen and oxygen atoms in total. The molecule has 0 amide bonds. The predicted molar refractivity (Wildman–Crippen MR) is 79.2 cm³/mol. The molecule has 1 atom stereocenters. The third kappa shape index (κ3) is 2.66. The van der Waals surface area contributed by atoms with Gasteiger partial charge in [0, 0.05) is 18.7 Å². The topological polar surface area (TPSA) is 90.4 Å². The summed E-state index contributed by atoms with van der Waals surface area (Å²) in [5, 5.41) is 18.4. The highest BCUT2D eigenvalue weighted by Crippen LogP contribution is 2.31. The van der Waals surface area contributed by atoms with Crippen LogP contribution in [0.1, 0.15) is 18.5 Å². The molecule has 6 heteroatoms. The van der Waals surface area contributed by atoms with E-state index in [1.54, 1.807) is 4.90 Å². The lowest BCUT2D eigenvalue weighted by Gasteiger charge is -2.30. The lowest BCUT2D eigenvalue weighted by atomic mass is 9.98. The molecule has 3 rings (SSSR count). The standard InChI is InChI=1S/C16H15N3O3/c17-9-13-15(19-8-4-7-12(10-19)16(20)21)22-14(18-13)11-5-2-1-3-6-11/h1-3,5-6,12H,4,7-8,10H2,(H,20,21). The van der Waals surface area contributed by atoms with Gasteiger partial charge in [-0.2, -0.15) is 10.2 Å². The zero-order valence-corrected chi connectivity index (χ0v) is 11.9. The van der Waals surface area contributed by atoms with E-state index in [9.17, 15) is 15.2 Å². The smallest absolute Gasteiger partial charge is 0.308 e. The number of aliphatic carboxylic acids is 1. The van der Waals surface area contributed by atoms with Crippen molar-refractivity contribution in [2.75, 3.05) is 18.0 Å². The minimum absolute atomic E-state index is 0.199. The van der Waals surface area contributed by atoms with Crippen LogP contribution in [-0.2, 0) is 4.79 Å². The van der Waals surface area contributed by atoms with Crippen molar-refractivity contribution in [2.45, 2.75) is 12.8 Å². The normalized spacial score (nSPS) is 18.0. The number of carboxylic acid groups (broad SMARTS) is 1. The van der Waals surface area contributed by atoms with Gasteiger partial charge < -0.3 is 14.4 Å². The minimum Gasteiger partial charge on any atom is -0.481 e. The van der Waals surface area contributed by atoms with Gasteiger partial charge in [-0.1, -0.05) is 18.2 Å². The number of aromatic nitrogens is 1. The fraction of sp³-hybridized carbons (Fsp3) is 0.312. The Morgan fingerprint density at radius 1 is 1.41 bits per heavy atom. The molecule has 1 aliphatic heterocycles. The Labute approximate surface area is 127 Å². The predicted octanol–water partition coefficient (Wildman–Crippen LogP) is 2.51. The molecule has 1 aromatic heterocycles. The van der Waals surface area contributed by atoms with Gasteiger partial charge >= 0.3 is 5.97 Å². The molecule has 1 saturated heterocycles. The Bertz CT molecular complexity index is 718. The fourth-order valence-electron chi connectivity index (χ4n) is 2.67. The summed E-state index contributed by atoms with van der Waals surface area (Å²) < 4.78 is 5.76. The van der Waals surface area contributed by atoms with E-state index in [0.29, 0.717) is 31.3 Å². The molecule has 0 radical (unpaired) electrons. The van der Waals surface area contributed by atoms with Crippen LogP contribution in [0, 0.1) is 17.2 Å². The van der Waals surface area contributed by atoms with E-state index in [-0.39, 0.29) is 5.69 Å². The molecular formula is C16H15N3O3. The lowest BCUT2D eigenvalue weighted by Crippen LogP contribution is -2.38. The van der Waals surface area contributed by atoms with Crippen LogP contribution in [0.4, 0.5) is 5.88 Å². The minimum atomic E-state index is -0.814. The summed E-state index contributed by atoms with van der Waals surface area (Å²) >= 11 is 0. The maximum Gasteiger partial charge on any atom is 0.308 e. The monoisotopic (exact) mass is 297 g/mol. The summed E-state index contributed by atoms with van der Waals surface area (Å²) in [7, 11) is 0. The van der Waals surface area contributed by atoms with Crippen LogP contribution in [0.25, 0.3) is 11.5 Å². The summed E-state index contributed by atoms with van der Waals surface area (Å²) in [6.45, 7) is 1.01. The quantitative estimate of drug-likeness (QED) is 0.936. The molecule has 22 heavy (non-hydrogen) atoms. The summed E-state index contributed by atoms with van der Waals surface area (Å²) in [4.78, 5) is 17.2. The first-order valence-corrected chi connectivity index (χ1v) is 7.13. The molecule has 1 unspecified atom stereocenters. The molecule has 0 spiro atoms. The summed E-state index contributed by atoms with van der Waals surface area (Å²) in [5.74, 6) is -0.506. The van der Waals surface area contributed by atoms with Crippen LogP contribution in [0.5, 0.6) is 0 Å². The molecule has 0 saturated carbocycles. The van der Waals surface area contributed by atoms with Crippen LogP contribution in [-0.4, -0.2) is 29.1 Å². The first-order valence-electron chi connectivity index (χ1n) is 7.13. The van der Waals surface area contributed by atoms with Gasteiger partial charge in [0.1, 0.15) is 6.07 Å². The summed E-state index contributed by atoms with van der Waals surface area (Å²) in [6.07, 6.45) is 1.40. The number of piperidine rings is 1. The number of oxazole rings is 1. The van der Waals surface area contributed by atoms with E-state index in [1.165, 1.54) is 0 Å². The molecule has 0 aliphatic carbocycles. The summed E-state index contributed by atoms with van der Waals surface area (Å²) in [5.41, 5.74) is 0.988. The van der Waals surface area contributed by atoms with E-state index in [1.807, 2.05) is 36.4 Å². The molecular weight excluding hydrogens is 282 g/mol. The van der Waals surface area contributed by atoms with E-state index < -0.39 is 11.9 Å². The van der Waals surface area contributed by atoms with Crippen molar-refractivity contribution < 1.29 is 14.3 Å². The maximum absolute atomic E-state index is 11.2. The Balaban J connectivity index is 1.92. The molecule has 2 heterocycles. The van der Waals surface area contributed by atoms with Gasteiger partial charge in [-0.25, -0.2) is 0 Å². The number of hydrogen-bond acceptors (Lipinski definition) is 5. The van der Waals surface area contributed by atoms with Gasteiger partial charge in [0.25, 0.3) is 0 Å². The Hall–Kier alpha value is -2.81. The van der Waals surface area contributed by atoms with Crippen molar-refractivity contribution in [3.8, 4) is 17.5 Å². The zero-order valence-electron chi connectivity index (χ0n) is 11.9. The van der Waals surface area contributed by atoms with Crippen molar-refractivity contribution in [1.29, 1.82) is 5.26 Å². The number of benzene rings is 1. The molecule has 1 aliphatic rings. The third-order valence-electron chi connectivity index (χ3n) is 3.79. The SMILES string of the molecule is N#Cc1nc(-c2ccccc2)oc1N1CCCC(C(=O)O)C1. The molecule has 2 aromatic rings. The van der Waals surface area contributed by atoms with Gasteiger partial charge in [0.05, 0.1) is 5.92 Å². The van der Waals surface area contributed by atoms with Crippen molar-refractivity contribution in [3.63, 3.8) is 0 Å². The highest BCUT2D eigenvalue weighted by Gasteiger charge is 2.29. The van der Waals surface area contributed by atoms with Crippen LogP contribution in [0.3, 0.4) is 0 Å². The van der Waals surface area contributed by atoms with Crippen LogP contribution in [0.2, 0.25) is 0 Å². The van der Waals surface area contributed by atoms with Crippen LogP contribution >= 0.6 is 0 Å². The average molecular weight is 297 g/mol. The van der Waals surface area contributed by atoms with E-state index in [0.717, 1.165) is 12.0 Å². The second-order valence-corrected chi connectivity index (χ2v) is 5.27. The average Bonchev–Trinajstić information content (AvgIpc) is 3.00. The van der Waals surface area contributed by atoms with E-state index in [4.69, 9.17) is 4.42 Å². The Morgan fingerprint density at radius 3 is 2.86 bits per heavy atom. The largest absolute Gasteiger partial charge is 0.481 e. The van der Waals surface area contributed by atoms with Crippen molar-refractivity contribution >= 4 is 11.9 Å². The number of hydrogen-bond donors (Lipinski definition) is 1. The number of anilines is 1. The molecule has 0 bridgehead atoms. The van der Waals surface area contributed by atoms with E-state index >= 15 is 0 Å². The van der Waals surface area contributed by atoms with Crippen molar-refractivity contribution in [3.05, 3.63) is 36.0 Å². The number of nitriles is 1. The zero-order chi connectivity index (χ0) is 15.5. The van der Waals surface area contributed by atoms with Crippen LogP contribution in [0.15, 0.2) is 34.7 Å². The highest BCUT2D eigenvalue weighted by atomic mass is 16.4. The van der Waals surface area contributed by atoms with Crippen LogP contribution < -0.4 is 4.90 Å². The van der Waals surface area contributed by atoms with Gasteiger partial charge in [0.15, 0.2) is 0 Å². The number of rotatable bonds is 3. The second-order valence-electron chi connectivity index (χ2n) is 5.27. The van der Waals surface area contributed by atoms with Gasteiger partial charge in [-0.05, 0) is 25.0 Å². The first kappa shape index (κ1) is 14.1. The Kier molecular flexibility index (Phi) is 3.79. The molecule has 1 fully saturated rings. The summed E-state index contributed by atoms with van der Waals surface area (Å²) in [6, 6.07) is 11.4. The van der Waals surface area contributed by atoms with Gasteiger partial charge in [-0.15, -0.1) is 0 Å². The first-order chi connectivity index (χ1) is 10.7. The lowest BCUT2D eigenvalue weighted by molar-refractivity contribution is -0.141. The van der Waals surface area contributed by atoms with E-state index in [2.05, 4.69) is 4.98 Å². The van der Waals surface area contributed by atoms with Crippen molar-refractivity contribution in [1.82, 2.24) is 4.98 Å². The molecule has 112 valence electrons. The fourth-order valence-corrected chi connectivity index (χ4v) is 2.67. The number of nitrogens with zero attached hydrogens (tertiary/aromatic N) is 3. The number of carboxylic acids is 1. The highest BCUT2D eigenvalue weighted by molar-refractivity contribution is 5.71.